The Hall–Kier alpha value is -1.59. The highest BCUT2D eigenvalue weighted by Crippen LogP contribution is 2.16. The zero-order valence-corrected chi connectivity index (χ0v) is 13.9. The van der Waals surface area contributed by atoms with E-state index >= 15 is 0 Å². The number of imide groups is 1. The third-order valence-electron chi connectivity index (χ3n) is 3.56. The Morgan fingerprint density at radius 1 is 1.27 bits per heavy atom. The van der Waals surface area contributed by atoms with E-state index in [-0.39, 0.29) is 18.6 Å². The molecule has 0 bridgehead atoms. The van der Waals surface area contributed by atoms with E-state index in [1.54, 1.807) is 0 Å². The van der Waals surface area contributed by atoms with Crippen LogP contribution >= 0.6 is 11.6 Å². The van der Waals surface area contributed by atoms with Crippen molar-refractivity contribution in [3.63, 3.8) is 0 Å². The van der Waals surface area contributed by atoms with Crippen LogP contribution in [0.2, 0.25) is 5.02 Å². The second-order valence-electron chi connectivity index (χ2n) is 6.18. The van der Waals surface area contributed by atoms with Crippen molar-refractivity contribution in [1.29, 1.82) is 0 Å². The molecule has 1 aromatic rings. The number of carbonyl (C=O) groups is 2. The first-order valence-corrected chi connectivity index (χ1v) is 7.79. The molecule has 1 N–H and O–H groups in total. The number of nitrogens with one attached hydrogen (secondary N) is 1. The van der Waals surface area contributed by atoms with Crippen LogP contribution in [0.4, 0.5) is 4.79 Å². The van der Waals surface area contributed by atoms with Gasteiger partial charge < -0.3 is 5.32 Å². The van der Waals surface area contributed by atoms with Gasteiger partial charge in [-0.15, -0.1) is 0 Å². The van der Waals surface area contributed by atoms with Crippen molar-refractivity contribution in [3.8, 4) is 0 Å². The third kappa shape index (κ3) is 4.21. The summed E-state index contributed by atoms with van der Waals surface area (Å²) >= 11 is 5.86. The van der Waals surface area contributed by atoms with Gasteiger partial charge in [-0.05, 0) is 37.1 Å². The Morgan fingerprint density at radius 2 is 1.91 bits per heavy atom. The largest absolute Gasteiger partial charge is 0.326 e. The van der Waals surface area contributed by atoms with Crippen molar-refractivity contribution in [1.82, 2.24) is 15.1 Å². The zero-order valence-electron chi connectivity index (χ0n) is 13.2. The Kier molecular flexibility index (Phi) is 5.42. The highest BCUT2D eigenvalue weighted by atomic mass is 35.5. The van der Waals surface area contributed by atoms with E-state index in [0.29, 0.717) is 23.9 Å². The normalized spacial score (nSPS) is 18.5. The van der Waals surface area contributed by atoms with Crippen molar-refractivity contribution in [2.24, 2.45) is 5.92 Å². The standard InChI is InChI=1S/C16H22ClN3O2/c1-11(2)8-14-15(21)20(16(22)18-14)10-19(3)9-12-4-6-13(17)7-5-12/h4-7,11,14H,8-10H2,1-3H3,(H,18,22)/t14-/m1/s1. The molecule has 1 aromatic carbocycles. The summed E-state index contributed by atoms with van der Waals surface area (Å²) in [6.07, 6.45) is 0.669. The van der Waals surface area contributed by atoms with Gasteiger partial charge >= 0.3 is 6.03 Å². The number of halogens is 1. The number of hydrogen-bond acceptors (Lipinski definition) is 3. The summed E-state index contributed by atoms with van der Waals surface area (Å²) in [5, 5.41) is 3.45. The summed E-state index contributed by atoms with van der Waals surface area (Å²) in [4.78, 5) is 27.5. The summed E-state index contributed by atoms with van der Waals surface area (Å²) in [5.41, 5.74) is 1.08. The number of carbonyl (C=O) groups excluding carboxylic acids is 2. The van der Waals surface area contributed by atoms with Gasteiger partial charge in [-0.3, -0.25) is 9.69 Å². The van der Waals surface area contributed by atoms with E-state index in [2.05, 4.69) is 5.32 Å². The molecule has 0 radical (unpaired) electrons. The number of rotatable bonds is 6. The van der Waals surface area contributed by atoms with Crippen LogP contribution < -0.4 is 5.32 Å². The van der Waals surface area contributed by atoms with E-state index in [1.165, 1.54) is 4.90 Å². The predicted octanol–water partition coefficient (Wildman–Crippen LogP) is 2.70. The summed E-state index contributed by atoms with van der Waals surface area (Å²) in [6, 6.07) is 6.84. The van der Waals surface area contributed by atoms with Crippen LogP contribution in [0.5, 0.6) is 0 Å². The highest BCUT2D eigenvalue weighted by molar-refractivity contribution is 6.30. The average Bonchev–Trinajstić information content (AvgIpc) is 2.68. The molecule has 1 aliphatic heterocycles. The Bertz CT molecular complexity index is 545. The molecule has 5 nitrogen and oxygen atoms in total. The first-order valence-electron chi connectivity index (χ1n) is 7.41. The van der Waals surface area contributed by atoms with Crippen LogP contribution in [0.1, 0.15) is 25.8 Å². The lowest BCUT2D eigenvalue weighted by atomic mass is 10.0. The van der Waals surface area contributed by atoms with Crippen LogP contribution in [0.3, 0.4) is 0 Å². The second kappa shape index (κ2) is 7.11. The van der Waals surface area contributed by atoms with Crippen molar-refractivity contribution >= 4 is 23.5 Å². The molecule has 1 atom stereocenters. The second-order valence-corrected chi connectivity index (χ2v) is 6.62. The van der Waals surface area contributed by atoms with Crippen LogP contribution in [0.25, 0.3) is 0 Å². The van der Waals surface area contributed by atoms with E-state index in [0.717, 1.165) is 5.56 Å². The van der Waals surface area contributed by atoms with Gasteiger partial charge in [0.05, 0.1) is 6.67 Å². The highest BCUT2D eigenvalue weighted by Gasteiger charge is 2.38. The lowest BCUT2D eigenvalue weighted by molar-refractivity contribution is -0.129. The fraction of sp³-hybridized carbons (Fsp3) is 0.500. The van der Waals surface area contributed by atoms with Gasteiger partial charge in [0.25, 0.3) is 5.91 Å². The smallest absolute Gasteiger partial charge is 0.325 e. The molecule has 1 aliphatic rings. The van der Waals surface area contributed by atoms with E-state index in [1.807, 2.05) is 50.1 Å². The molecular weight excluding hydrogens is 302 g/mol. The quantitative estimate of drug-likeness (QED) is 0.819. The van der Waals surface area contributed by atoms with E-state index in [9.17, 15) is 9.59 Å². The van der Waals surface area contributed by atoms with Crippen LogP contribution in [-0.2, 0) is 11.3 Å². The van der Waals surface area contributed by atoms with Crippen LogP contribution in [0, 0.1) is 5.92 Å². The maximum atomic E-state index is 12.3. The minimum Gasteiger partial charge on any atom is -0.326 e. The maximum Gasteiger partial charge on any atom is 0.325 e. The molecule has 3 amide bonds. The lowest BCUT2D eigenvalue weighted by Crippen LogP contribution is -2.40. The van der Waals surface area contributed by atoms with E-state index < -0.39 is 6.04 Å². The fourth-order valence-electron chi connectivity index (χ4n) is 2.53. The van der Waals surface area contributed by atoms with Crippen molar-refractivity contribution in [2.45, 2.75) is 32.9 Å². The molecule has 22 heavy (non-hydrogen) atoms. The molecule has 0 saturated carbocycles. The fourth-order valence-corrected chi connectivity index (χ4v) is 2.66. The molecule has 0 aromatic heterocycles. The molecular formula is C16H22ClN3O2. The Labute approximate surface area is 136 Å². The first-order chi connectivity index (χ1) is 10.4. The third-order valence-corrected chi connectivity index (χ3v) is 3.81. The lowest BCUT2D eigenvalue weighted by Gasteiger charge is -2.22. The minimum atomic E-state index is -0.392. The molecule has 120 valence electrons. The molecule has 1 heterocycles. The van der Waals surface area contributed by atoms with Crippen LogP contribution in [-0.4, -0.2) is 41.5 Å². The summed E-state index contributed by atoms with van der Waals surface area (Å²) in [6.45, 7) is 4.99. The number of hydrogen-bond donors (Lipinski definition) is 1. The van der Waals surface area contributed by atoms with Crippen LogP contribution in [0.15, 0.2) is 24.3 Å². The summed E-state index contributed by atoms with van der Waals surface area (Å²) in [5.74, 6) is 0.225. The number of amides is 3. The Morgan fingerprint density at radius 3 is 2.50 bits per heavy atom. The average molecular weight is 324 g/mol. The van der Waals surface area contributed by atoms with Gasteiger partial charge in [-0.25, -0.2) is 9.69 Å². The topological polar surface area (TPSA) is 52.7 Å². The number of benzene rings is 1. The number of nitrogens with zero attached hydrogens (tertiary/aromatic N) is 2. The van der Waals surface area contributed by atoms with Crippen molar-refractivity contribution in [2.75, 3.05) is 13.7 Å². The van der Waals surface area contributed by atoms with Gasteiger partial charge in [-0.1, -0.05) is 37.6 Å². The first kappa shape index (κ1) is 16.8. The number of urea groups is 1. The van der Waals surface area contributed by atoms with Gasteiger partial charge in [0.15, 0.2) is 0 Å². The minimum absolute atomic E-state index is 0.137. The van der Waals surface area contributed by atoms with E-state index in [4.69, 9.17) is 11.6 Å². The maximum absolute atomic E-state index is 12.3. The summed E-state index contributed by atoms with van der Waals surface area (Å²) < 4.78 is 0. The van der Waals surface area contributed by atoms with Gasteiger partial charge in [-0.2, -0.15) is 0 Å². The van der Waals surface area contributed by atoms with Gasteiger partial charge in [0.2, 0.25) is 0 Å². The molecule has 1 fully saturated rings. The zero-order chi connectivity index (χ0) is 16.3. The SMILES string of the molecule is CC(C)C[C@H]1NC(=O)N(CN(C)Cc2ccc(Cl)cc2)C1=O. The molecule has 0 unspecified atom stereocenters. The molecule has 0 spiro atoms. The molecule has 2 rings (SSSR count). The van der Waals surface area contributed by atoms with Crippen molar-refractivity contribution in [3.05, 3.63) is 34.9 Å². The molecule has 6 heteroatoms. The van der Waals surface area contributed by atoms with Gasteiger partial charge in [0, 0.05) is 11.6 Å². The van der Waals surface area contributed by atoms with Gasteiger partial charge in [0.1, 0.15) is 6.04 Å². The molecule has 1 saturated heterocycles. The summed E-state index contributed by atoms with van der Waals surface area (Å²) in [7, 11) is 1.88. The molecule has 0 aliphatic carbocycles. The van der Waals surface area contributed by atoms with Crippen molar-refractivity contribution < 1.29 is 9.59 Å². The monoisotopic (exact) mass is 323 g/mol. The Balaban J connectivity index is 1.93. The predicted molar refractivity (Wildman–Crippen MR) is 86.4 cm³/mol.